The summed E-state index contributed by atoms with van der Waals surface area (Å²) in [5.74, 6) is -0.864. The van der Waals surface area contributed by atoms with E-state index in [2.05, 4.69) is 5.32 Å². The van der Waals surface area contributed by atoms with Crippen LogP contribution in [-0.2, 0) is 4.79 Å². The van der Waals surface area contributed by atoms with Crippen LogP contribution in [0.15, 0.2) is 24.3 Å². The minimum atomic E-state index is -1.04. The zero-order valence-corrected chi connectivity index (χ0v) is 9.70. The van der Waals surface area contributed by atoms with Crippen molar-refractivity contribution in [2.24, 2.45) is 5.73 Å². The number of nitrogens with one attached hydrogen (secondary N) is 1. The third-order valence-corrected chi connectivity index (χ3v) is 2.36. The van der Waals surface area contributed by atoms with Crippen molar-refractivity contribution in [3.63, 3.8) is 0 Å². The molecule has 2 amide bonds. The summed E-state index contributed by atoms with van der Waals surface area (Å²) in [4.78, 5) is 22.8. The molecule has 1 aromatic carbocycles. The summed E-state index contributed by atoms with van der Waals surface area (Å²) in [7, 11) is 0. The second-order valence-corrected chi connectivity index (χ2v) is 4.31. The Labute approximate surface area is 94.8 Å². The standard InChI is InChI=1S/C12H16N2O2/c1-8-4-6-9(7-5-8)10(15)14-12(2,3)11(13)16/h4-7H,1-3H3,(H2,13,16)(H,14,15). The van der Waals surface area contributed by atoms with E-state index in [4.69, 9.17) is 5.73 Å². The van der Waals surface area contributed by atoms with Crippen LogP contribution in [0, 0.1) is 6.92 Å². The minimum absolute atomic E-state index is 0.302. The van der Waals surface area contributed by atoms with Gasteiger partial charge in [0.05, 0.1) is 0 Å². The van der Waals surface area contributed by atoms with Crippen LogP contribution in [0.25, 0.3) is 0 Å². The SMILES string of the molecule is Cc1ccc(C(=O)NC(C)(C)C(N)=O)cc1. The third kappa shape index (κ3) is 2.82. The lowest BCUT2D eigenvalue weighted by molar-refractivity contribution is -0.122. The smallest absolute Gasteiger partial charge is 0.252 e. The summed E-state index contributed by atoms with van der Waals surface area (Å²) < 4.78 is 0. The highest BCUT2D eigenvalue weighted by Gasteiger charge is 2.27. The highest BCUT2D eigenvalue weighted by molar-refractivity contribution is 5.98. The van der Waals surface area contributed by atoms with Gasteiger partial charge in [0.1, 0.15) is 5.54 Å². The number of hydrogen-bond donors (Lipinski definition) is 2. The van der Waals surface area contributed by atoms with Gasteiger partial charge in [-0.05, 0) is 32.9 Å². The van der Waals surface area contributed by atoms with Crippen LogP contribution in [0.4, 0.5) is 0 Å². The number of aryl methyl sites for hydroxylation is 1. The molecular weight excluding hydrogens is 204 g/mol. The van der Waals surface area contributed by atoms with Crippen molar-refractivity contribution >= 4 is 11.8 Å². The molecule has 4 nitrogen and oxygen atoms in total. The van der Waals surface area contributed by atoms with E-state index in [-0.39, 0.29) is 5.91 Å². The molecule has 3 N–H and O–H groups in total. The van der Waals surface area contributed by atoms with E-state index >= 15 is 0 Å². The molecule has 4 heteroatoms. The van der Waals surface area contributed by atoms with Crippen molar-refractivity contribution in [2.45, 2.75) is 26.3 Å². The van der Waals surface area contributed by atoms with Gasteiger partial charge >= 0.3 is 0 Å². The number of amides is 2. The van der Waals surface area contributed by atoms with Gasteiger partial charge in [-0.1, -0.05) is 17.7 Å². The van der Waals surface area contributed by atoms with E-state index in [0.29, 0.717) is 5.56 Å². The van der Waals surface area contributed by atoms with Gasteiger partial charge in [0.25, 0.3) is 5.91 Å². The van der Waals surface area contributed by atoms with E-state index in [1.165, 1.54) is 0 Å². The number of nitrogens with two attached hydrogens (primary N) is 1. The van der Waals surface area contributed by atoms with Crippen molar-refractivity contribution in [1.82, 2.24) is 5.32 Å². The largest absolute Gasteiger partial charge is 0.368 e. The van der Waals surface area contributed by atoms with Gasteiger partial charge in [-0.25, -0.2) is 0 Å². The monoisotopic (exact) mass is 220 g/mol. The summed E-state index contributed by atoms with van der Waals surface area (Å²) >= 11 is 0. The fourth-order valence-corrected chi connectivity index (χ4v) is 1.12. The van der Waals surface area contributed by atoms with Crippen molar-refractivity contribution < 1.29 is 9.59 Å². The maximum atomic E-state index is 11.8. The molecule has 0 aliphatic carbocycles. The number of hydrogen-bond acceptors (Lipinski definition) is 2. The molecule has 16 heavy (non-hydrogen) atoms. The first-order valence-corrected chi connectivity index (χ1v) is 5.02. The van der Waals surface area contributed by atoms with Gasteiger partial charge in [-0.2, -0.15) is 0 Å². The van der Waals surface area contributed by atoms with E-state index in [0.717, 1.165) is 5.56 Å². The molecule has 0 saturated carbocycles. The molecule has 0 unspecified atom stereocenters. The predicted molar refractivity (Wildman–Crippen MR) is 61.9 cm³/mol. The normalized spacial score (nSPS) is 10.9. The molecule has 1 rings (SSSR count). The second kappa shape index (κ2) is 4.35. The molecule has 0 saturated heterocycles. The number of carbonyl (C=O) groups is 2. The summed E-state index contributed by atoms with van der Waals surface area (Å²) in [6.45, 7) is 5.08. The molecule has 0 aliphatic rings. The summed E-state index contributed by atoms with van der Waals surface area (Å²) in [5, 5.41) is 2.58. The van der Waals surface area contributed by atoms with Crippen molar-refractivity contribution in [3.8, 4) is 0 Å². The second-order valence-electron chi connectivity index (χ2n) is 4.31. The molecule has 0 fully saturated rings. The number of primary amides is 1. The lowest BCUT2D eigenvalue weighted by atomic mass is 10.0. The average molecular weight is 220 g/mol. The van der Waals surface area contributed by atoms with Crippen molar-refractivity contribution in [1.29, 1.82) is 0 Å². The first kappa shape index (κ1) is 12.2. The van der Waals surface area contributed by atoms with Crippen LogP contribution in [0.3, 0.4) is 0 Å². The molecule has 0 heterocycles. The van der Waals surface area contributed by atoms with Crippen molar-refractivity contribution in [2.75, 3.05) is 0 Å². The van der Waals surface area contributed by atoms with E-state index in [1.807, 2.05) is 19.1 Å². The van der Waals surface area contributed by atoms with Crippen LogP contribution in [0.1, 0.15) is 29.8 Å². The Balaban J connectivity index is 2.81. The van der Waals surface area contributed by atoms with Crippen LogP contribution in [-0.4, -0.2) is 17.4 Å². The minimum Gasteiger partial charge on any atom is -0.368 e. The van der Waals surface area contributed by atoms with Crippen LogP contribution >= 0.6 is 0 Å². The van der Waals surface area contributed by atoms with Gasteiger partial charge in [-0.3, -0.25) is 9.59 Å². The zero-order valence-electron chi connectivity index (χ0n) is 9.70. The Morgan fingerprint density at radius 2 is 1.69 bits per heavy atom. The number of carbonyl (C=O) groups excluding carboxylic acids is 2. The van der Waals surface area contributed by atoms with Crippen LogP contribution in [0.5, 0.6) is 0 Å². The van der Waals surface area contributed by atoms with Crippen molar-refractivity contribution in [3.05, 3.63) is 35.4 Å². The zero-order chi connectivity index (χ0) is 12.3. The van der Waals surface area contributed by atoms with Gasteiger partial charge in [0.15, 0.2) is 0 Å². The summed E-state index contributed by atoms with van der Waals surface area (Å²) in [5.41, 5.74) is 5.72. The van der Waals surface area contributed by atoms with Crippen LogP contribution in [0.2, 0.25) is 0 Å². The average Bonchev–Trinajstić information content (AvgIpc) is 2.17. The molecule has 0 bridgehead atoms. The molecule has 86 valence electrons. The summed E-state index contributed by atoms with van der Waals surface area (Å²) in [6.07, 6.45) is 0. The van der Waals surface area contributed by atoms with Gasteiger partial charge < -0.3 is 11.1 Å². The Kier molecular flexibility index (Phi) is 3.32. The number of benzene rings is 1. The van der Waals surface area contributed by atoms with Gasteiger partial charge in [0.2, 0.25) is 5.91 Å². The molecule has 0 aromatic heterocycles. The highest BCUT2D eigenvalue weighted by Crippen LogP contribution is 2.06. The molecular formula is C12H16N2O2. The lowest BCUT2D eigenvalue weighted by Gasteiger charge is -2.22. The van der Waals surface area contributed by atoms with Gasteiger partial charge in [0, 0.05) is 5.56 Å². The lowest BCUT2D eigenvalue weighted by Crippen LogP contribution is -2.52. The Hall–Kier alpha value is -1.84. The quantitative estimate of drug-likeness (QED) is 0.797. The number of rotatable bonds is 3. The maximum absolute atomic E-state index is 11.8. The highest BCUT2D eigenvalue weighted by atomic mass is 16.2. The Morgan fingerprint density at radius 3 is 2.12 bits per heavy atom. The van der Waals surface area contributed by atoms with E-state index < -0.39 is 11.4 Å². The molecule has 0 aliphatic heterocycles. The molecule has 0 spiro atoms. The fraction of sp³-hybridized carbons (Fsp3) is 0.333. The van der Waals surface area contributed by atoms with E-state index in [9.17, 15) is 9.59 Å². The predicted octanol–water partition coefficient (Wildman–Crippen LogP) is 0.989. The summed E-state index contributed by atoms with van der Waals surface area (Å²) in [6, 6.07) is 7.10. The molecule has 0 radical (unpaired) electrons. The molecule has 0 atom stereocenters. The first-order valence-electron chi connectivity index (χ1n) is 5.02. The molecule has 1 aromatic rings. The van der Waals surface area contributed by atoms with E-state index in [1.54, 1.807) is 26.0 Å². The fourth-order valence-electron chi connectivity index (χ4n) is 1.12. The first-order chi connectivity index (χ1) is 7.33. The maximum Gasteiger partial charge on any atom is 0.252 e. The van der Waals surface area contributed by atoms with Crippen LogP contribution < -0.4 is 11.1 Å². The van der Waals surface area contributed by atoms with Gasteiger partial charge in [-0.15, -0.1) is 0 Å². The topological polar surface area (TPSA) is 72.2 Å². The third-order valence-electron chi connectivity index (χ3n) is 2.36. The Bertz CT molecular complexity index is 408. The Morgan fingerprint density at radius 1 is 1.19 bits per heavy atom.